The molecule has 1 saturated heterocycles. The van der Waals surface area contributed by atoms with Gasteiger partial charge in [0, 0.05) is 25.1 Å². The van der Waals surface area contributed by atoms with Crippen LogP contribution in [0.2, 0.25) is 0 Å². The number of H-pyrrole nitrogens is 1. The highest BCUT2D eigenvalue weighted by Gasteiger charge is 2.26. The number of aromatic nitrogens is 3. The molecule has 162 valence electrons. The number of nitrogens with one attached hydrogen (secondary N) is 1. The van der Waals surface area contributed by atoms with Gasteiger partial charge in [-0.3, -0.25) is 4.79 Å². The summed E-state index contributed by atoms with van der Waals surface area (Å²) >= 11 is 0. The molecule has 4 rings (SSSR count). The van der Waals surface area contributed by atoms with Gasteiger partial charge >= 0.3 is 5.69 Å². The second-order valence-electron chi connectivity index (χ2n) is 7.63. The number of piperidine rings is 1. The van der Waals surface area contributed by atoms with Crippen LogP contribution in [0.3, 0.4) is 0 Å². The van der Waals surface area contributed by atoms with E-state index >= 15 is 0 Å². The Bertz CT molecular complexity index is 1100. The number of para-hydroxylation sites is 1. The average Bonchev–Trinajstić information content (AvgIpc) is 3.15. The number of nitrogens with zero attached hydrogens (tertiary/aromatic N) is 3. The normalized spacial score (nSPS) is 14.6. The Kier molecular flexibility index (Phi) is 6.16. The molecule has 0 atom stereocenters. The monoisotopic (exact) mass is 424 g/mol. The Balaban J connectivity index is 1.40. The molecule has 1 aromatic heterocycles. The molecule has 1 aliphatic heterocycles. The summed E-state index contributed by atoms with van der Waals surface area (Å²) in [6, 6.07) is 13.4. The molecular formula is C23H25FN4O3. The molecule has 0 saturated carbocycles. The molecule has 3 aromatic rings. The molecular weight excluding hydrogens is 399 g/mol. The van der Waals surface area contributed by atoms with Crippen molar-refractivity contribution in [2.24, 2.45) is 5.92 Å². The minimum absolute atomic E-state index is 0.00420. The third kappa shape index (κ3) is 4.52. The highest BCUT2D eigenvalue weighted by atomic mass is 19.1. The minimum Gasteiger partial charge on any atom is -0.494 e. The van der Waals surface area contributed by atoms with Gasteiger partial charge in [-0.1, -0.05) is 12.1 Å². The molecule has 8 heteroatoms. The van der Waals surface area contributed by atoms with E-state index in [0.717, 1.165) is 18.6 Å². The Hall–Kier alpha value is -3.42. The Morgan fingerprint density at radius 1 is 1.16 bits per heavy atom. The topological polar surface area (TPSA) is 80.2 Å². The third-order valence-electron chi connectivity index (χ3n) is 5.62. The van der Waals surface area contributed by atoms with E-state index in [1.807, 2.05) is 24.0 Å². The van der Waals surface area contributed by atoms with Gasteiger partial charge in [0.2, 0.25) is 0 Å². The first-order chi connectivity index (χ1) is 15.1. The van der Waals surface area contributed by atoms with Crippen LogP contribution in [0.1, 0.15) is 35.9 Å². The number of benzene rings is 2. The van der Waals surface area contributed by atoms with Crippen molar-refractivity contribution < 1.29 is 13.9 Å². The van der Waals surface area contributed by atoms with Crippen LogP contribution in [0, 0.1) is 11.7 Å². The van der Waals surface area contributed by atoms with Gasteiger partial charge in [-0.15, -0.1) is 0 Å². The van der Waals surface area contributed by atoms with Gasteiger partial charge in [0.1, 0.15) is 17.4 Å². The number of carbonyl (C=O) groups excluding carboxylic acids is 1. The van der Waals surface area contributed by atoms with Gasteiger partial charge in [-0.05, 0) is 62.1 Å². The fraction of sp³-hybridized carbons (Fsp3) is 0.348. The van der Waals surface area contributed by atoms with Crippen molar-refractivity contribution in [3.8, 4) is 11.4 Å². The maximum absolute atomic E-state index is 14.2. The maximum Gasteiger partial charge on any atom is 0.348 e. The van der Waals surface area contributed by atoms with Gasteiger partial charge in [0.15, 0.2) is 0 Å². The molecule has 0 bridgehead atoms. The molecule has 2 heterocycles. The van der Waals surface area contributed by atoms with Crippen LogP contribution in [0.25, 0.3) is 5.69 Å². The van der Waals surface area contributed by atoms with Gasteiger partial charge in [0.05, 0.1) is 12.3 Å². The lowest BCUT2D eigenvalue weighted by molar-refractivity contribution is 0.0689. The number of ether oxygens (including phenoxy) is 1. The lowest BCUT2D eigenvalue weighted by Gasteiger charge is -2.32. The summed E-state index contributed by atoms with van der Waals surface area (Å²) in [6.07, 6.45) is 2.13. The number of hydrogen-bond donors (Lipinski definition) is 1. The lowest BCUT2D eigenvalue weighted by atomic mass is 9.92. The third-order valence-corrected chi connectivity index (χ3v) is 5.62. The second-order valence-corrected chi connectivity index (χ2v) is 7.63. The zero-order valence-corrected chi connectivity index (χ0v) is 17.4. The molecule has 0 aliphatic carbocycles. The summed E-state index contributed by atoms with van der Waals surface area (Å²) in [5, 5.41) is 6.55. The standard InChI is InChI=1S/C23H25FN4O3/c1-2-31-18-9-7-17(8-10-18)22(29)27-13-11-16(12-14-27)15-21-25-26-23(30)28(21)20-6-4-3-5-19(20)24/h3-10,16H,2,11-15H2,1H3,(H,26,30). The summed E-state index contributed by atoms with van der Waals surface area (Å²) < 4.78 is 20.9. The van der Waals surface area contributed by atoms with Gasteiger partial charge < -0.3 is 9.64 Å². The summed E-state index contributed by atoms with van der Waals surface area (Å²) in [5.74, 6) is 1.04. The van der Waals surface area contributed by atoms with Crippen molar-refractivity contribution in [1.82, 2.24) is 19.7 Å². The number of halogens is 1. The average molecular weight is 424 g/mol. The molecule has 1 N–H and O–H groups in total. The Labute approximate surface area is 179 Å². The van der Waals surface area contributed by atoms with Crippen molar-refractivity contribution in [2.45, 2.75) is 26.2 Å². The number of amides is 1. The first kappa shape index (κ1) is 20.8. The zero-order chi connectivity index (χ0) is 21.8. The zero-order valence-electron chi connectivity index (χ0n) is 17.4. The van der Waals surface area contributed by atoms with Crippen LogP contribution in [-0.4, -0.2) is 45.3 Å². The van der Waals surface area contributed by atoms with E-state index in [0.29, 0.717) is 37.5 Å². The van der Waals surface area contributed by atoms with Crippen molar-refractivity contribution in [1.29, 1.82) is 0 Å². The molecule has 31 heavy (non-hydrogen) atoms. The molecule has 1 fully saturated rings. The van der Waals surface area contributed by atoms with Crippen LogP contribution in [0.15, 0.2) is 53.3 Å². The van der Waals surface area contributed by atoms with Crippen molar-refractivity contribution in [3.63, 3.8) is 0 Å². The van der Waals surface area contributed by atoms with Crippen molar-refractivity contribution >= 4 is 5.91 Å². The van der Waals surface area contributed by atoms with Gasteiger partial charge in [-0.25, -0.2) is 18.9 Å². The number of aromatic amines is 1. The molecule has 0 radical (unpaired) electrons. The van der Waals surface area contributed by atoms with Crippen molar-refractivity contribution in [2.75, 3.05) is 19.7 Å². The number of likely N-dealkylation sites (tertiary alicyclic amines) is 1. The van der Waals surface area contributed by atoms with E-state index in [1.54, 1.807) is 30.3 Å². The van der Waals surface area contributed by atoms with Crippen LogP contribution >= 0.6 is 0 Å². The largest absolute Gasteiger partial charge is 0.494 e. The van der Waals surface area contributed by atoms with Gasteiger partial charge in [-0.2, -0.15) is 5.10 Å². The highest BCUT2D eigenvalue weighted by molar-refractivity contribution is 5.94. The number of hydrogen-bond acceptors (Lipinski definition) is 4. The summed E-state index contributed by atoms with van der Waals surface area (Å²) in [4.78, 5) is 26.9. The van der Waals surface area contributed by atoms with E-state index in [4.69, 9.17) is 4.74 Å². The second kappa shape index (κ2) is 9.16. The fourth-order valence-corrected chi connectivity index (χ4v) is 3.99. The van der Waals surface area contributed by atoms with E-state index in [9.17, 15) is 14.0 Å². The minimum atomic E-state index is -0.469. The summed E-state index contributed by atoms with van der Waals surface area (Å²) in [7, 11) is 0. The van der Waals surface area contributed by atoms with E-state index < -0.39 is 11.5 Å². The van der Waals surface area contributed by atoms with E-state index in [-0.39, 0.29) is 17.5 Å². The van der Waals surface area contributed by atoms with Crippen molar-refractivity contribution in [3.05, 3.63) is 76.2 Å². The summed E-state index contributed by atoms with van der Waals surface area (Å²) in [6.45, 7) is 3.76. The molecule has 7 nitrogen and oxygen atoms in total. The predicted octanol–water partition coefficient (Wildman–Crippen LogP) is 3.19. The predicted molar refractivity (Wildman–Crippen MR) is 114 cm³/mol. The molecule has 0 unspecified atom stereocenters. The van der Waals surface area contributed by atoms with E-state index in [1.165, 1.54) is 10.6 Å². The highest BCUT2D eigenvalue weighted by Crippen LogP contribution is 2.24. The van der Waals surface area contributed by atoms with Crippen LogP contribution in [0.5, 0.6) is 5.75 Å². The number of rotatable bonds is 6. The van der Waals surface area contributed by atoms with Gasteiger partial charge in [0.25, 0.3) is 5.91 Å². The molecule has 1 amide bonds. The first-order valence-electron chi connectivity index (χ1n) is 10.5. The van der Waals surface area contributed by atoms with E-state index in [2.05, 4.69) is 10.2 Å². The summed E-state index contributed by atoms with van der Waals surface area (Å²) in [5.41, 5.74) is 0.380. The molecule has 2 aromatic carbocycles. The quantitative estimate of drug-likeness (QED) is 0.659. The number of carbonyl (C=O) groups is 1. The Morgan fingerprint density at radius 2 is 1.87 bits per heavy atom. The first-order valence-corrected chi connectivity index (χ1v) is 10.5. The van der Waals surface area contributed by atoms with Crippen LogP contribution < -0.4 is 10.4 Å². The Morgan fingerprint density at radius 3 is 2.55 bits per heavy atom. The van der Waals surface area contributed by atoms with Crippen LogP contribution in [-0.2, 0) is 6.42 Å². The smallest absolute Gasteiger partial charge is 0.348 e. The molecule has 0 spiro atoms. The van der Waals surface area contributed by atoms with Crippen LogP contribution in [0.4, 0.5) is 4.39 Å². The fourth-order valence-electron chi connectivity index (χ4n) is 3.99. The lowest BCUT2D eigenvalue weighted by Crippen LogP contribution is -2.39. The molecule has 1 aliphatic rings. The SMILES string of the molecule is CCOc1ccc(C(=O)N2CCC(Cc3n[nH]c(=O)n3-c3ccccc3F)CC2)cc1. The maximum atomic E-state index is 14.2.